The Labute approximate surface area is 130 Å². The number of nitrogens with zero attached hydrogens (tertiary/aromatic N) is 1. The first-order valence-corrected chi connectivity index (χ1v) is 8.63. The van der Waals surface area contributed by atoms with E-state index >= 15 is 0 Å². The molecule has 1 aliphatic rings. The number of nitrogens with one attached hydrogen (secondary N) is 1. The minimum Gasteiger partial charge on any atom is -0.309 e. The van der Waals surface area contributed by atoms with E-state index in [-0.39, 0.29) is 0 Å². The van der Waals surface area contributed by atoms with Crippen LogP contribution >= 0.6 is 0 Å². The zero-order valence-corrected chi connectivity index (χ0v) is 14.3. The fourth-order valence-corrected chi connectivity index (χ4v) is 3.09. The average molecular weight is 288 g/mol. The maximum absolute atomic E-state index is 3.75. The maximum Gasteiger partial charge on any atom is 0.0449 e. The molecule has 1 heterocycles. The maximum atomic E-state index is 3.75. The number of rotatable bonds is 6. The fourth-order valence-electron chi connectivity index (χ4n) is 3.09. The SMILES string of the molecule is CCCNC(CN1CCC(C)CC1)c1ccc(C)c(C)c1. The Kier molecular flexibility index (Phi) is 6.25. The summed E-state index contributed by atoms with van der Waals surface area (Å²) in [7, 11) is 0. The Hall–Kier alpha value is -0.860. The van der Waals surface area contributed by atoms with Gasteiger partial charge in [0.05, 0.1) is 0 Å². The van der Waals surface area contributed by atoms with Gasteiger partial charge in [-0.1, -0.05) is 32.0 Å². The van der Waals surface area contributed by atoms with Crippen molar-refractivity contribution in [3.63, 3.8) is 0 Å². The summed E-state index contributed by atoms with van der Waals surface area (Å²) in [6, 6.07) is 7.42. The third-order valence-electron chi connectivity index (χ3n) is 4.89. The number of hydrogen-bond donors (Lipinski definition) is 1. The van der Waals surface area contributed by atoms with Crippen LogP contribution in [0.2, 0.25) is 0 Å². The molecule has 0 saturated carbocycles. The molecule has 0 amide bonds. The summed E-state index contributed by atoms with van der Waals surface area (Å²) in [4.78, 5) is 2.64. The molecule has 2 nitrogen and oxygen atoms in total. The molecule has 2 heteroatoms. The molecule has 1 atom stereocenters. The van der Waals surface area contributed by atoms with E-state index < -0.39 is 0 Å². The number of benzene rings is 1. The minimum absolute atomic E-state index is 0.470. The molecule has 0 aromatic heterocycles. The van der Waals surface area contributed by atoms with Crippen LogP contribution < -0.4 is 5.32 Å². The van der Waals surface area contributed by atoms with E-state index in [4.69, 9.17) is 0 Å². The van der Waals surface area contributed by atoms with Gasteiger partial charge in [-0.3, -0.25) is 0 Å². The number of piperidine rings is 1. The zero-order chi connectivity index (χ0) is 15.2. The molecule has 1 aromatic carbocycles. The highest BCUT2D eigenvalue weighted by Gasteiger charge is 2.20. The van der Waals surface area contributed by atoms with Gasteiger partial charge >= 0.3 is 0 Å². The Morgan fingerprint density at radius 1 is 1.19 bits per heavy atom. The van der Waals surface area contributed by atoms with E-state index in [9.17, 15) is 0 Å². The highest BCUT2D eigenvalue weighted by Crippen LogP contribution is 2.22. The Morgan fingerprint density at radius 3 is 2.52 bits per heavy atom. The van der Waals surface area contributed by atoms with Crippen molar-refractivity contribution in [3.05, 3.63) is 34.9 Å². The molecular formula is C19H32N2. The Balaban J connectivity index is 2.04. The Bertz CT molecular complexity index is 433. The first-order chi connectivity index (χ1) is 10.1. The molecule has 0 radical (unpaired) electrons. The smallest absolute Gasteiger partial charge is 0.0449 e. The minimum atomic E-state index is 0.470. The van der Waals surface area contributed by atoms with Gasteiger partial charge < -0.3 is 10.2 Å². The van der Waals surface area contributed by atoms with Crippen LogP contribution in [0.3, 0.4) is 0 Å². The summed E-state index contributed by atoms with van der Waals surface area (Å²) in [6.45, 7) is 13.8. The predicted octanol–water partition coefficient (Wildman–Crippen LogP) is 4.08. The van der Waals surface area contributed by atoms with E-state index in [1.807, 2.05) is 0 Å². The molecule has 1 saturated heterocycles. The highest BCUT2D eigenvalue weighted by molar-refractivity contribution is 5.32. The second-order valence-corrected chi connectivity index (χ2v) is 6.83. The van der Waals surface area contributed by atoms with Gasteiger partial charge in [-0.25, -0.2) is 0 Å². The largest absolute Gasteiger partial charge is 0.309 e. The van der Waals surface area contributed by atoms with Crippen molar-refractivity contribution in [1.29, 1.82) is 0 Å². The molecule has 1 aromatic rings. The van der Waals surface area contributed by atoms with Gasteiger partial charge in [0.1, 0.15) is 0 Å². The number of hydrogen-bond acceptors (Lipinski definition) is 2. The van der Waals surface area contributed by atoms with Crippen molar-refractivity contribution >= 4 is 0 Å². The van der Waals surface area contributed by atoms with Crippen molar-refractivity contribution < 1.29 is 0 Å². The molecule has 2 rings (SSSR count). The van der Waals surface area contributed by atoms with Crippen molar-refractivity contribution in [3.8, 4) is 0 Å². The second-order valence-electron chi connectivity index (χ2n) is 6.83. The molecule has 0 aliphatic carbocycles. The average Bonchev–Trinajstić information content (AvgIpc) is 2.48. The van der Waals surface area contributed by atoms with Crippen LogP contribution in [0.4, 0.5) is 0 Å². The first kappa shape index (κ1) is 16.5. The second kappa shape index (κ2) is 7.95. The molecule has 0 bridgehead atoms. The van der Waals surface area contributed by atoms with Crippen molar-refractivity contribution in [2.75, 3.05) is 26.2 Å². The third kappa shape index (κ3) is 4.82. The summed E-state index contributed by atoms with van der Waals surface area (Å²) < 4.78 is 0. The van der Waals surface area contributed by atoms with Crippen LogP contribution in [0.1, 0.15) is 55.8 Å². The van der Waals surface area contributed by atoms with Crippen molar-refractivity contribution in [2.45, 2.75) is 53.0 Å². The van der Waals surface area contributed by atoms with E-state index in [0.717, 1.165) is 19.0 Å². The number of aryl methyl sites for hydroxylation is 2. The predicted molar refractivity (Wildman–Crippen MR) is 91.8 cm³/mol. The van der Waals surface area contributed by atoms with Gasteiger partial charge in [0.25, 0.3) is 0 Å². The summed E-state index contributed by atoms with van der Waals surface area (Å²) in [6.07, 6.45) is 3.90. The van der Waals surface area contributed by atoms with Crippen molar-refractivity contribution in [1.82, 2.24) is 10.2 Å². The van der Waals surface area contributed by atoms with Gasteiger partial charge in [-0.05, 0) is 75.4 Å². The lowest BCUT2D eigenvalue weighted by atomic mass is 9.97. The van der Waals surface area contributed by atoms with Crippen LogP contribution in [0.15, 0.2) is 18.2 Å². The first-order valence-electron chi connectivity index (χ1n) is 8.63. The third-order valence-corrected chi connectivity index (χ3v) is 4.89. The lowest BCUT2D eigenvalue weighted by Crippen LogP contribution is -2.40. The lowest BCUT2D eigenvalue weighted by molar-refractivity contribution is 0.175. The van der Waals surface area contributed by atoms with Crippen LogP contribution in [-0.2, 0) is 0 Å². The van der Waals surface area contributed by atoms with Gasteiger partial charge in [0.15, 0.2) is 0 Å². The van der Waals surface area contributed by atoms with Gasteiger partial charge in [-0.2, -0.15) is 0 Å². The van der Waals surface area contributed by atoms with Crippen LogP contribution in [0, 0.1) is 19.8 Å². The summed E-state index contributed by atoms with van der Waals surface area (Å²) in [5.74, 6) is 0.907. The summed E-state index contributed by atoms with van der Waals surface area (Å²) in [5.41, 5.74) is 4.24. The quantitative estimate of drug-likeness (QED) is 0.848. The standard InChI is InChI=1S/C19H32N2/c1-5-10-20-19(14-21-11-8-15(2)9-12-21)18-7-6-16(3)17(4)13-18/h6-7,13,15,19-20H,5,8-12,14H2,1-4H3. The van der Waals surface area contributed by atoms with E-state index in [0.29, 0.717) is 6.04 Å². The molecule has 0 spiro atoms. The monoisotopic (exact) mass is 288 g/mol. The zero-order valence-electron chi connectivity index (χ0n) is 14.3. The van der Waals surface area contributed by atoms with E-state index in [1.165, 1.54) is 49.0 Å². The molecule has 1 aliphatic heterocycles. The van der Waals surface area contributed by atoms with Crippen LogP contribution in [-0.4, -0.2) is 31.1 Å². The van der Waals surface area contributed by atoms with Gasteiger partial charge in [0, 0.05) is 12.6 Å². The summed E-state index contributed by atoms with van der Waals surface area (Å²) in [5, 5.41) is 3.75. The molecule has 1 fully saturated rings. The van der Waals surface area contributed by atoms with Crippen LogP contribution in [0.5, 0.6) is 0 Å². The molecule has 21 heavy (non-hydrogen) atoms. The van der Waals surface area contributed by atoms with E-state index in [2.05, 4.69) is 56.1 Å². The molecule has 118 valence electrons. The Morgan fingerprint density at radius 2 is 1.90 bits per heavy atom. The van der Waals surface area contributed by atoms with Gasteiger partial charge in [-0.15, -0.1) is 0 Å². The topological polar surface area (TPSA) is 15.3 Å². The normalized spacial score (nSPS) is 18.9. The highest BCUT2D eigenvalue weighted by atomic mass is 15.2. The lowest BCUT2D eigenvalue weighted by Gasteiger charge is -2.33. The molecular weight excluding hydrogens is 256 g/mol. The van der Waals surface area contributed by atoms with Crippen LogP contribution in [0.25, 0.3) is 0 Å². The van der Waals surface area contributed by atoms with E-state index in [1.54, 1.807) is 0 Å². The van der Waals surface area contributed by atoms with Crippen molar-refractivity contribution in [2.24, 2.45) is 5.92 Å². The fraction of sp³-hybridized carbons (Fsp3) is 0.684. The summed E-state index contributed by atoms with van der Waals surface area (Å²) >= 11 is 0. The number of likely N-dealkylation sites (tertiary alicyclic amines) is 1. The molecule has 1 unspecified atom stereocenters. The molecule has 1 N–H and O–H groups in total. The van der Waals surface area contributed by atoms with Gasteiger partial charge in [0.2, 0.25) is 0 Å².